The summed E-state index contributed by atoms with van der Waals surface area (Å²) in [6.07, 6.45) is 1.51. The van der Waals surface area contributed by atoms with Crippen LogP contribution in [-0.4, -0.2) is 23.6 Å². The Balaban J connectivity index is 1.78. The summed E-state index contributed by atoms with van der Waals surface area (Å²) in [6, 6.07) is 5.83. The van der Waals surface area contributed by atoms with E-state index >= 15 is 0 Å². The van der Waals surface area contributed by atoms with Gasteiger partial charge in [-0.25, -0.2) is 13.4 Å². The molecule has 2 aromatic heterocycles. The van der Waals surface area contributed by atoms with Crippen LogP contribution in [0.4, 0.5) is 28.1 Å². The molecule has 1 aromatic carbocycles. The zero-order chi connectivity index (χ0) is 17.2. The summed E-state index contributed by atoms with van der Waals surface area (Å²) in [5, 5.41) is 16.0. The highest BCUT2D eigenvalue weighted by Crippen LogP contribution is 2.28. The first kappa shape index (κ1) is 15.9. The van der Waals surface area contributed by atoms with Crippen molar-refractivity contribution in [1.29, 1.82) is 0 Å². The summed E-state index contributed by atoms with van der Waals surface area (Å²) < 4.78 is 26.8. The fourth-order valence-corrected chi connectivity index (χ4v) is 3.51. The van der Waals surface area contributed by atoms with E-state index in [1.54, 1.807) is 5.38 Å². The quantitative estimate of drug-likeness (QED) is 0.507. The van der Waals surface area contributed by atoms with Gasteiger partial charge in [0.05, 0.1) is 10.6 Å². The number of H-pyrrole nitrogens is 1. The summed E-state index contributed by atoms with van der Waals surface area (Å²) in [5.74, 6) is 0.325. The molecule has 12 heteroatoms. The monoisotopic (exact) mass is 364 g/mol. The number of rotatable bonds is 5. The van der Waals surface area contributed by atoms with Crippen molar-refractivity contribution >= 4 is 49.5 Å². The number of nitrogens with two attached hydrogens (primary N) is 2. The first-order valence-electron chi connectivity index (χ1n) is 6.49. The Bertz CT molecular complexity index is 942. The molecule has 24 heavy (non-hydrogen) atoms. The number of benzene rings is 1. The predicted molar refractivity (Wildman–Crippen MR) is 91.0 cm³/mol. The Morgan fingerprint density at radius 2 is 1.92 bits per heavy atom. The summed E-state index contributed by atoms with van der Waals surface area (Å²) in [6.45, 7) is 0. The second-order valence-corrected chi connectivity index (χ2v) is 7.08. The number of aromatic amines is 1. The lowest BCUT2D eigenvalue weighted by Crippen LogP contribution is -2.12. The van der Waals surface area contributed by atoms with Gasteiger partial charge in [-0.05, 0) is 24.3 Å². The molecule has 10 nitrogen and oxygen atoms in total. The average molecular weight is 364 g/mol. The van der Waals surface area contributed by atoms with Crippen molar-refractivity contribution in [3.63, 3.8) is 0 Å². The Labute approximate surface area is 140 Å². The molecule has 0 spiro atoms. The van der Waals surface area contributed by atoms with Gasteiger partial charge >= 0.3 is 0 Å². The number of thiazole rings is 1. The zero-order valence-electron chi connectivity index (χ0n) is 12.0. The van der Waals surface area contributed by atoms with Gasteiger partial charge in [0.15, 0.2) is 16.6 Å². The second-order valence-electron chi connectivity index (χ2n) is 4.51. The molecule has 0 aliphatic rings. The first-order valence-corrected chi connectivity index (χ1v) is 8.85. The van der Waals surface area contributed by atoms with Crippen molar-refractivity contribution < 1.29 is 8.42 Å². The fraction of sp³-hybridized carbons (Fsp3) is 0. The number of nitrogens with zero attached hydrogens (tertiary/aromatic N) is 4. The second kappa shape index (κ2) is 6.25. The maximum atomic E-state index is 12.2. The van der Waals surface area contributed by atoms with Crippen molar-refractivity contribution in [3.05, 3.63) is 35.8 Å². The third kappa shape index (κ3) is 3.33. The van der Waals surface area contributed by atoms with Gasteiger partial charge in [-0.2, -0.15) is 10.2 Å². The number of aromatic nitrogens is 3. The van der Waals surface area contributed by atoms with Crippen LogP contribution in [0.15, 0.2) is 51.0 Å². The SMILES string of the molecule is Nc1n[nH]c(N)c1/N=N/c1ccc(S(=O)(=O)Nc2nccs2)cc1. The van der Waals surface area contributed by atoms with E-state index in [4.69, 9.17) is 11.5 Å². The van der Waals surface area contributed by atoms with Crippen molar-refractivity contribution in [3.8, 4) is 0 Å². The standard InChI is InChI=1S/C12H12N8O2S2/c13-10-9(11(14)19-18-10)17-16-7-1-3-8(4-2-7)24(21,22)20-12-15-5-6-23-12/h1-6H,(H,15,20)(H5,13,14,18,19)/b17-16+. The van der Waals surface area contributed by atoms with Crippen molar-refractivity contribution in [1.82, 2.24) is 15.2 Å². The maximum absolute atomic E-state index is 12.2. The van der Waals surface area contributed by atoms with Gasteiger partial charge in [0.1, 0.15) is 5.82 Å². The normalized spacial score (nSPS) is 11.8. The van der Waals surface area contributed by atoms with Crippen molar-refractivity contribution in [2.75, 3.05) is 16.2 Å². The van der Waals surface area contributed by atoms with Crippen LogP contribution in [0.2, 0.25) is 0 Å². The van der Waals surface area contributed by atoms with Crippen LogP contribution in [0, 0.1) is 0 Å². The molecular formula is C12H12N8O2S2. The lowest BCUT2D eigenvalue weighted by atomic mass is 10.3. The van der Waals surface area contributed by atoms with Crippen molar-refractivity contribution in [2.24, 2.45) is 10.2 Å². The lowest BCUT2D eigenvalue weighted by molar-refractivity contribution is 0.601. The Hall–Kier alpha value is -2.99. The molecule has 2 heterocycles. The zero-order valence-corrected chi connectivity index (χ0v) is 13.7. The van der Waals surface area contributed by atoms with Gasteiger partial charge in [-0.1, -0.05) is 0 Å². The largest absolute Gasteiger partial charge is 0.382 e. The minimum Gasteiger partial charge on any atom is -0.382 e. The summed E-state index contributed by atoms with van der Waals surface area (Å²) in [7, 11) is -3.70. The van der Waals surface area contributed by atoms with E-state index in [0.29, 0.717) is 10.8 Å². The molecule has 0 atom stereocenters. The highest BCUT2D eigenvalue weighted by molar-refractivity contribution is 7.93. The van der Waals surface area contributed by atoms with E-state index < -0.39 is 10.0 Å². The van der Waals surface area contributed by atoms with Crippen LogP contribution in [0.25, 0.3) is 0 Å². The molecule has 0 aliphatic carbocycles. The Morgan fingerprint density at radius 1 is 1.17 bits per heavy atom. The molecule has 0 unspecified atom stereocenters. The molecule has 0 saturated heterocycles. The van der Waals surface area contributed by atoms with E-state index in [1.165, 1.54) is 41.8 Å². The fourth-order valence-electron chi connectivity index (χ4n) is 1.72. The Morgan fingerprint density at radius 3 is 2.50 bits per heavy atom. The third-order valence-electron chi connectivity index (χ3n) is 2.86. The van der Waals surface area contributed by atoms with Gasteiger partial charge < -0.3 is 11.5 Å². The van der Waals surface area contributed by atoms with E-state index in [2.05, 4.69) is 30.1 Å². The average Bonchev–Trinajstić information content (AvgIpc) is 3.16. The highest BCUT2D eigenvalue weighted by atomic mass is 32.2. The molecule has 0 saturated carbocycles. The number of anilines is 3. The Kier molecular flexibility index (Phi) is 4.14. The molecule has 3 aromatic rings. The molecule has 0 amide bonds. The maximum Gasteiger partial charge on any atom is 0.263 e. The number of sulfonamides is 1. The number of azo groups is 1. The van der Waals surface area contributed by atoms with Gasteiger partial charge in [0.2, 0.25) is 0 Å². The van der Waals surface area contributed by atoms with Crippen LogP contribution in [-0.2, 0) is 10.0 Å². The highest BCUT2D eigenvalue weighted by Gasteiger charge is 2.15. The topological polar surface area (TPSA) is 164 Å². The van der Waals surface area contributed by atoms with Crippen LogP contribution in [0.5, 0.6) is 0 Å². The molecule has 3 rings (SSSR count). The minimum atomic E-state index is -3.70. The molecule has 0 fully saturated rings. The van der Waals surface area contributed by atoms with Crippen LogP contribution < -0.4 is 16.2 Å². The van der Waals surface area contributed by atoms with Gasteiger partial charge in [0, 0.05) is 11.6 Å². The van der Waals surface area contributed by atoms with Gasteiger partial charge in [0.25, 0.3) is 10.0 Å². The molecular weight excluding hydrogens is 352 g/mol. The van der Waals surface area contributed by atoms with E-state index in [-0.39, 0.29) is 22.2 Å². The van der Waals surface area contributed by atoms with Crippen LogP contribution >= 0.6 is 11.3 Å². The molecule has 6 N–H and O–H groups in total. The molecule has 0 aliphatic heterocycles. The van der Waals surface area contributed by atoms with E-state index in [9.17, 15) is 8.42 Å². The van der Waals surface area contributed by atoms with Crippen molar-refractivity contribution in [2.45, 2.75) is 4.90 Å². The molecule has 0 bridgehead atoms. The van der Waals surface area contributed by atoms with Crippen LogP contribution in [0.1, 0.15) is 0 Å². The summed E-state index contributed by atoms with van der Waals surface area (Å²) in [4.78, 5) is 3.96. The van der Waals surface area contributed by atoms with E-state index in [1.807, 2.05) is 0 Å². The number of nitrogens with one attached hydrogen (secondary N) is 2. The van der Waals surface area contributed by atoms with Crippen LogP contribution in [0.3, 0.4) is 0 Å². The number of hydrogen-bond donors (Lipinski definition) is 4. The summed E-state index contributed by atoms with van der Waals surface area (Å²) in [5.41, 5.74) is 11.9. The van der Waals surface area contributed by atoms with E-state index in [0.717, 1.165) is 0 Å². The predicted octanol–water partition coefficient (Wildman–Crippen LogP) is 2.25. The number of hydrogen-bond acceptors (Lipinski definition) is 9. The minimum absolute atomic E-state index is 0.0824. The molecule has 0 radical (unpaired) electrons. The van der Waals surface area contributed by atoms with Gasteiger partial charge in [-0.3, -0.25) is 9.82 Å². The summed E-state index contributed by atoms with van der Waals surface area (Å²) >= 11 is 1.19. The number of nitrogen functional groups attached to an aromatic ring is 2. The third-order valence-corrected chi connectivity index (χ3v) is 5.03. The smallest absolute Gasteiger partial charge is 0.263 e. The van der Waals surface area contributed by atoms with Gasteiger partial charge in [-0.15, -0.1) is 16.5 Å². The lowest BCUT2D eigenvalue weighted by Gasteiger charge is -2.04. The molecule has 124 valence electrons. The first-order chi connectivity index (χ1) is 11.5.